The summed E-state index contributed by atoms with van der Waals surface area (Å²) in [6.07, 6.45) is 0.838. The van der Waals surface area contributed by atoms with Crippen molar-refractivity contribution in [3.8, 4) is 0 Å². The van der Waals surface area contributed by atoms with Crippen molar-refractivity contribution in [1.29, 1.82) is 0 Å². The average molecular weight is 443 g/mol. The van der Waals surface area contributed by atoms with Gasteiger partial charge in [-0.3, -0.25) is 9.69 Å². The Morgan fingerprint density at radius 2 is 1.42 bits per heavy atom. The number of benzene rings is 3. The van der Waals surface area contributed by atoms with Crippen molar-refractivity contribution < 1.29 is 9.53 Å². The van der Waals surface area contributed by atoms with Gasteiger partial charge in [0.2, 0.25) is 0 Å². The van der Waals surface area contributed by atoms with Gasteiger partial charge >= 0.3 is 0 Å². The van der Waals surface area contributed by atoms with Gasteiger partial charge < -0.3 is 9.64 Å². The maximum absolute atomic E-state index is 13.3. The number of carbonyl (C=O) groups excluding carboxylic acids is 1. The van der Waals surface area contributed by atoms with E-state index in [0.717, 1.165) is 50.3 Å². The maximum atomic E-state index is 13.3. The second kappa shape index (κ2) is 11.8. The molecule has 1 aliphatic rings. The molecule has 3 aromatic rings. The molecule has 1 unspecified atom stereocenters. The van der Waals surface area contributed by atoms with Crippen LogP contribution in [0.15, 0.2) is 84.9 Å². The lowest BCUT2D eigenvalue weighted by molar-refractivity contribution is 0.0626. The molecule has 1 heterocycles. The minimum atomic E-state index is 0.155. The second-order valence-corrected chi connectivity index (χ2v) is 9.02. The highest BCUT2D eigenvalue weighted by Gasteiger charge is 2.24. The minimum Gasteiger partial charge on any atom is -0.376 e. The van der Waals surface area contributed by atoms with Gasteiger partial charge in [-0.25, -0.2) is 0 Å². The third-order valence-corrected chi connectivity index (χ3v) is 6.24. The predicted molar refractivity (Wildman–Crippen MR) is 133 cm³/mol. The average Bonchev–Trinajstić information content (AvgIpc) is 2.86. The highest BCUT2D eigenvalue weighted by atomic mass is 16.5. The summed E-state index contributed by atoms with van der Waals surface area (Å²) in [5.41, 5.74) is 4.46. The Morgan fingerprint density at radius 1 is 0.818 bits per heavy atom. The summed E-state index contributed by atoms with van der Waals surface area (Å²) in [6.45, 7) is 7.80. The van der Waals surface area contributed by atoms with E-state index in [0.29, 0.717) is 19.1 Å². The van der Waals surface area contributed by atoms with Crippen LogP contribution in [0.25, 0.3) is 0 Å². The third kappa shape index (κ3) is 6.77. The van der Waals surface area contributed by atoms with E-state index in [1.807, 2.05) is 47.4 Å². The molecule has 3 aromatic carbocycles. The smallest absolute Gasteiger partial charge is 0.254 e. The number of piperazine rings is 1. The van der Waals surface area contributed by atoms with Gasteiger partial charge in [0.25, 0.3) is 5.91 Å². The molecule has 1 amide bonds. The number of rotatable bonds is 9. The lowest BCUT2D eigenvalue weighted by atomic mass is 9.96. The van der Waals surface area contributed by atoms with Crippen LogP contribution in [0.3, 0.4) is 0 Å². The third-order valence-electron chi connectivity index (χ3n) is 6.24. The van der Waals surface area contributed by atoms with Crippen LogP contribution < -0.4 is 0 Å². The Morgan fingerprint density at radius 3 is 2.12 bits per heavy atom. The van der Waals surface area contributed by atoms with Crippen LogP contribution in [0.5, 0.6) is 0 Å². The zero-order valence-electron chi connectivity index (χ0n) is 19.5. The Labute approximate surface area is 197 Å². The monoisotopic (exact) mass is 442 g/mol. The molecule has 33 heavy (non-hydrogen) atoms. The fraction of sp³-hybridized carbons (Fsp3) is 0.345. The fourth-order valence-electron chi connectivity index (χ4n) is 4.41. The van der Waals surface area contributed by atoms with Crippen LogP contribution in [0.2, 0.25) is 0 Å². The summed E-state index contributed by atoms with van der Waals surface area (Å²) in [6, 6.07) is 28.9. The molecule has 1 fully saturated rings. The minimum absolute atomic E-state index is 0.155. The van der Waals surface area contributed by atoms with Crippen LogP contribution in [-0.4, -0.2) is 48.5 Å². The van der Waals surface area contributed by atoms with Gasteiger partial charge in [0.1, 0.15) is 0 Å². The Kier molecular flexibility index (Phi) is 8.29. The molecule has 4 rings (SSSR count). The molecule has 0 spiro atoms. The van der Waals surface area contributed by atoms with E-state index in [9.17, 15) is 4.79 Å². The summed E-state index contributed by atoms with van der Waals surface area (Å²) in [5, 5.41) is 0. The molecule has 1 atom stereocenters. The number of nitrogens with zero attached hydrogens (tertiary/aromatic N) is 2. The molecular weight excluding hydrogens is 408 g/mol. The molecule has 0 N–H and O–H groups in total. The van der Waals surface area contributed by atoms with Crippen molar-refractivity contribution in [3.63, 3.8) is 0 Å². The Hall–Kier alpha value is -2.95. The number of hydrogen-bond donors (Lipinski definition) is 0. The molecule has 0 bridgehead atoms. The first-order chi connectivity index (χ1) is 16.2. The van der Waals surface area contributed by atoms with E-state index in [2.05, 4.69) is 54.3 Å². The lowest BCUT2D eigenvalue weighted by Crippen LogP contribution is -2.48. The molecule has 0 aromatic heterocycles. The van der Waals surface area contributed by atoms with Gasteiger partial charge in [-0.15, -0.1) is 0 Å². The summed E-state index contributed by atoms with van der Waals surface area (Å²) >= 11 is 0. The summed E-state index contributed by atoms with van der Waals surface area (Å²) < 4.78 is 5.93. The first-order valence-corrected chi connectivity index (χ1v) is 11.9. The quantitative estimate of drug-likeness (QED) is 0.465. The summed E-state index contributed by atoms with van der Waals surface area (Å²) in [5.74, 6) is 0.493. The van der Waals surface area contributed by atoms with E-state index in [4.69, 9.17) is 4.74 Å². The predicted octanol–water partition coefficient (Wildman–Crippen LogP) is 5.04. The first-order valence-electron chi connectivity index (χ1n) is 11.9. The molecule has 1 aliphatic heterocycles. The van der Waals surface area contributed by atoms with E-state index >= 15 is 0 Å². The van der Waals surface area contributed by atoms with Crippen molar-refractivity contribution in [2.45, 2.75) is 26.5 Å². The largest absolute Gasteiger partial charge is 0.376 e. The molecule has 4 heteroatoms. The molecule has 0 saturated carbocycles. The number of hydrogen-bond acceptors (Lipinski definition) is 3. The second-order valence-electron chi connectivity index (χ2n) is 9.02. The van der Waals surface area contributed by atoms with E-state index in [1.54, 1.807) is 0 Å². The number of ether oxygens (including phenoxy) is 1. The normalized spacial score (nSPS) is 15.4. The summed E-state index contributed by atoms with van der Waals surface area (Å²) in [7, 11) is 0. The van der Waals surface area contributed by atoms with Gasteiger partial charge in [-0.1, -0.05) is 85.8 Å². The summed E-state index contributed by atoms with van der Waals surface area (Å²) in [4.78, 5) is 17.8. The van der Waals surface area contributed by atoms with Crippen LogP contribution in [0.4, 0.5) is 0 Å². The fourth-order valence-corrected chi connectivity index (χ4v) is 4.41. The van der Waals surface area contributed by atoms with Crippen molar-refractivity contribution in [2.24, 2.45) is 5.92 Å². The zero-order valence-corrected chi connectivity index (χ0v) is 19.5. The van der Waals surface area contributed by atoms with Gasteiger partial charge in [0.15, 0.2) is 0 Å². The van der Waals surface area contributed by atoms with Gasteiger partial charge in [-0.05, 0) is 35.1 Å². The van der Waals surface area contributed by atoms with Gasteiger partial charge in [-0.2, -0.15) is 0 Å². The highest BCUT2D eigenvalue weighted by Crippen LogP contribution is 2.18. The molecule has 1 saturated heterocycles. The number of amides is 1. The standard InChI is InChI=1S/C29H34N2O2/c1-24(22-33-23-26-12-6-3-7-13-26)20-27-14-8-9-15-28(27)29(32)31-18-16-30(17-19-31)21-25-10-4-2-5-11-25/h2-15,24H,16-23H2,1H3. The van der Waals surface area contributed by atoms with Crippen LogP contribution >= 0.6 is 0 Å². The number of carbonyl (C=O) groups is 1. The molecule has 4 nitrogen and oxygen atoms in total. The molecule has 172 valence electrons. The molecular formula is C29H34N2O2. The van der Waals surface area contributed by atoms with E-state index < -0.39 is 0 Å². The highest BCUT2D eigenvalue weighted by molar-refractivity contribution is 5.95. The van der Waals surface area contributed by atoms with Gasteiger partial charge in [0, 0.05) is 44.9 Å². The first kappa shape index (κ1) is 23.2. The van der Waals surface area contributed by atoms with E-state index in [1.165, 1.54) is 11.1 Å². The topological polar surface area (TPSA) is 32.8 Å². The molecule has 0 radical (unpaired) electrons. The van der Waals surface area contributed by atoms with Crippen LogP contribution in [-0.2, 0) is 24.3 Å². The van der Waals surface area contributed by atoms with Crippen LogP contribution in [0, 0.1) is 5.92 Å². The Bertz CT molecular complexity index is 998. The Balaban J connectivity index is 1.29. The van der Waals surface area contributed by atoms with E-state index in [-0.39, 0.29) is 5.91 Å². The lowest BCUT2D eigenvalue weighted by Gasteiger charge is -2.35. The van der Waals surface area contributed by atoms with Crippen molar-refractivity contribution in [1.82, 2.24) is 9.80 Å². The van der Waals surface area contributed by atoms with Crippen molar-refractivity contribution >= 4 is 5.91 Å². The van der Waals surface area contributed by atoms with Crippen molar-refractivity contribution in [2.75, 3.05) is 32.8 Å². The SMILES string of the molecule is CC(COCc1ccccc1)Cc1ccccc1C(=O)N1CCN(Cc2ccccc2)CC1. The maximum Gasteiger partial charge on any atom is 0.254 e. The molecule has 0 aliphatic carbocycles. The van der Waals surface area contributed by atoms with Crippen LogP contribution in [0.1, 0.15) is 34.0 Å². The van der Waals surface area contributed by atoms with Gasteiger partial charge in [0.05, 0.1) is 6.61 Å². The zero-order chi connectivity index (χ0) is 22.9. The van der Waals surface area contributed by atoms with Crippen molar-refractivity contribution in [3.05, 3.63) is 107 Å².